The van der Waals surface area contributed by atoms with Crippen LogP contribution in [0.2, 0.25) is 0 Å². The van der Waals surface area contributed by atoms with Gasteiger partial charge in [0, 0.05) is 37.1 Å². The number of anilines is 1. The summed E-state index contributed by atoms with van der Waals surface area (Å²) in [4.78, 5) is 23.9. The second-order valence-electron chi connectivity index (χ2n) is 6.12. The van der Waals surface area contributed by atoms with E-state index in [1.807, 2.05) is 48.4 Å². The number of nitrogens with zero attached hydrogens (tertiary/aromatic N) is 3. The minimum Gasteiger partial charge on any atom is -0.345 e. The van der Waals surface area contributed by atoms with Crippen LogP contribution < -0.4 is 4.90 Å². The summed E-state index contributed by atoms with van der Waals surface area (Å²) in [6.45, 7) is 4.48. The number of hydrogen-bond acceptors (Lipinski definition) is 3. The van der Waals surface area contributed by atoms with Crippen molar-refractivity contribution in [2.24, 2.45) is 5.92 Å². The van der Waals surface area contributed by atoms with E-state index in [0.29, 0.717) is 12.3 Å². The quantitative estimate of drug-likeness (QED) is 0.920. The van der Waals surface area contributed by atoms with Crippen LogP contribution in [0.4, 0.5) is 5.69 Å². The lowest BCUT2D eigenvalue weighted by Gasteiger charge is -2.20. The number of rotatable bonds is 5. The highest BCUT2D eigenvalue weighted by molar-refractivity contribution is 5.95. The Morgan fingerprint density at radius 2 is 2.14 bits per heavy atom. The Morgan fingerprint density at radius 3 is 2.82 bits per heavy atom. The molecule has 0 saturated carbocycles. The number of aromatic nitrogens is 2. The van der Waals surface area contributed by atoms with E-state index >= 15 is 0 Å². The molecule has 1 aliphatic rings. The molecule has 2 aromatic rings. The highest BCUT2D eigenvalue weighted by atomic mass is 16.2. The summed E-state index contributed by atoms with van der Waals surface area (Å²) in [6, 6.07) is 9.91. The van der Waals surface area contributed by atoms with Gasteiger partial charge >= 0.3 is 0 Å². The van der Waals surface area contributed by atoms with Crippen LogP contribution >= 0.6 is 0 Å². The Labute approximate surface area is 131 Å². The van der Waals surface area contributed by atoms with Gasteiger partial charge < -0.3 is 9.88 Å². The second kappa shape index (κ2) is 6.32. The smallest absolute Gasteiger partial charge is 0.227 e. The molecule has 1 aromatic carbocycles. The fraction of sp³-hybridized carbons (Fsp3) is 0.412. The van der Waals surface area contributed by atoms with Crippen LogP contribution in [0.1, 0.15) is 17.9 Å². The van der Waals surface area contributed by atoms with Crippen molar-refractivity contribution in [2.75, 3.05) is 25.0 Å². The Balaban J connectivity index is 1.57. The third-order valence-corrected chi connectivity index (χ3v) is 4.02. The van der Waals surface area contributed by atoms with Crippen molar-refractivity contribution in [1.29, 1.82) is 0 Å². The normalized spacial score (nSPS) is 18.4. The van der Waals surface area contributed by atoms with Crippen LogP contribution in [0.5, 0.6) is 0 Å². The Kier molecular flexibility index (Phi) is 4.24. The van der Waals surface area contributed by atoms with Crippen LogP contribution in [0.25, 0.3) is 0 Å². The molecule has 2 heterocycles. The monoisotopic (exact) mass is 298 g/mol. The van der Waals surface area contributed by atoms with Crippen molar-refractivity contribution in [3.63, 3.8) is 0 Å². The van der Waals surface area contributed by atoms with E-state index in [9.17, 15) is 4.79 Å². The van der Waals surface area contributed by atoms with Crippen molar-refractivity contribution in [3.8, 4) is 0 Å². The molecule has 1 fully saturated rings. The molecular formula is C17H22N4O. The van der Waals surface area contributed by atoms with Gasteiger partial charge in [-0.1, -0.05) is 18.2 Å². The van der Waals surface area contributed by atoms with Gasteiger partial charge in [0.25, 0.3) is 0 Å². The van der Waals surface area contributed by atoms with Crippen molar-refractivity contribution in [1.82, 2.24) is 14.9 Å². The molecule has 0 radical (unpaired) electrons. The lowest BCUT2D eigenvalue weighted by Crippen LogP contribution is -2.29. The Morgan fingerprint density at radius 1 is 1.36 bits per heavy atom. The largest absolute Gasteiger partial charge is 0.345 e. The number of benzene rings is 1. The van der Waals surface area contributed by atoms with Crippen LogP contribution in [0.3, 0.4) is 0 Å². The molecule has 5 nitrogen and oxygen atoms in total. The number of para-hydroxylation sites is 1. The number of imidazole rings is 1. The average molecular weight is 298 g/mol. The van der Waals surface area contributed by atoms with Gasteiger partial charge in [0.15, 0.2) is 0 Å². The van der Waals surface area contributed by atoms with Gasteiger partial charge in [-0.3, -0.25) is 9.69 Å². The summed E-state index contributed by atoms with van der Waals surface area (Å²) in [7, 11) is 2.08. The van der Waals surface area contributed by atoms with Crippen LogP contribution in [-0.4, -0.2) is 40.9 Å². The number of carbonyl (C=O) groups excluding carboxylic acids is 1. The maximum atomic E-state index is 12.2. The van der Waals surface area contributed by atoms with Gasteiger partial charge in [0.05, 0.1) is 6.54 Å². The third-order valence-electron chi connectivity index (χ3n) is 4.02. The summed E-state index contributed by atoms with van der Waals surface area (Å²) in [5.74, 6) is 1.57. The first-order chi connectivity index (χ1) is 10.6. The molecule has 1 N–H and O–H groups in total. The van der Waals surface area contributed by atoms with Gasteiger partial charge in [0.1, 0.15) is 5.82 Å². The van der Waals surface area contributed by atoms with Crippen molar-refractivity contribution < 1.29 is 4.79 Å². The van der Waals surface area contributed by atoms with E-state index in [1.165, 1.54) is 0 Å². The zero-order chi connectivity index (χ0) is 15.5. The van der Waals surface area contributed by atoms with Gasteiger partial charge in [-0.05, 0) is 32.0 Å². The lowest BCUT2D eigenvalue weighted by atomic mass is 10.1. The Hall–Kier alpha value is -2.14. The van der Waals surface area contributed by atoms with Crippen LogP contribution in [-0.2, 0) is 11.3 Å². The number of hydrogen-bond donors (Lipinski definition) is 1. The topological polar surface area (TPSA) is 52.2 Å². The molecule has 1 saturated heterocycles. The molecule has 1 atom stereocenters. The summed E-state index contributed by atoms with van der Waals surface area (Å²) in [6.07, 6.45) is 2.47. The predicted octanol–water partition coefficient (Wildman–Crippen LogP) is 2.20. The standard InChI is InChI=1S/C17H22N4O/c1-13-9-18-16(19-13)12-20(2)10-14-8-17(22)21(11-14)15-6-4-3-5-7-15/h3-7,9,14H,8,10-12H2,1-2H3,(H,18,19)/t14-/m0/s1. The SMILES string of the molecule is Cc1cnc(CN(C)C[C@@H]2CC(=O)N(c3ccccc3)C2)[nH]1. The zero-order valence-electron chi connectivity index (χ0n) is 13.1. The fourth-order valence-corrected chi connectivity index (χ4v) is 3.07. The molecule has 1 aromatic heterocycles. The molecule has 116 valence electrons. The predicted molar refractivity (Wildman–Crippen MR) is 86.6 cm³/mol. The summed E-state index contributed by atoms with van der Waals surface area (Å²) >= 11 is 0. The molecule has 0 spiro atoms. The summed E-state index contributed by atoms with van der Waals surface area (Å²) < 4.78 is 0. The third kappa shape index (κ3) is 3.36. The number of nitrogens with one attached hydrogen (secondary N) is 1. The number of aromatic amines is 1. The first-order valence-electron chi connectivity index (χ1n) is 7.66. The van der Waals surface area contributed by atoms with Crippen molar-refractivity contribution >= 4 is 11.6 Å². The lowest BCUT2D eigenvalue weighted by molar-refractivity contribution is -0.117. The highest BCUT2D eigenvalue weighted by Crippen LogP contribution is 2.25. The first kappa shape index (κ1) is 14.8. The minimum absolute atomic E-state index is 0.221. The first-order valence-corrected chi connectivity index (χ1v) is 7.66. The molecule has 0 aliphatic carbocycles. The maximum absolute atomic E-state index is 12.2. The molecule has 1 amide bonds. The highest BCUT2D eigenvalue weighted by Gasteiger charge is 2.31. The number of H-pyrrole nitrogens is 1. The van der Waals surface area contributed by atoms with Gasteiger partial charge in [-0.2, -0.15) is 0 Å². The molecule has 0 unspecified atom stereocenters. The molecule has 1 aliphatic heterocycles. The van der Waals surface area contributed by atoms with E-state index in [0.717, 1.165) is 36.8 Å². The van der Waals surface area contributed by atoms with Crippen molar-refractivity contribution in [2.45, 2.75) is 19.9 Å². The number of aryl methyl sites for hydroxylation is 1. The van der Waals surface area contributed by atoms with Gasteiger partial charge in [-0.25, -0.2) is 4.98 Å². The molecule has 22 heavy (non-hydrogen) atoms. The second-order valence-corrected chi connectivity index (χ2v) is 6.12. The fourth-order valence-electron chi connectivity index (χ4n) is 3.07. The number of amides is 1. The molecule has 3 rings (SSSR count). The van der Waals surface area contributed by atoms with Crippen molar-refractivity contribution in [3.05, 3.63) is 48.0 Å². The molecular weight excluding hydrogens is 276 g/mol. The average Bonchev–Trinajstić information content (AvgIpc) is 3.05. The molecule has 5 heteroatoms. The van der Waals surface area contributed by atoms with E-state index in [-0.39, 0.29) is 5.91 Å². The summed E-state index contributed by atoms with van der Waals surface area (Å²) in [5.41, 5.74) is 2.08. The van der Waals surface area contributed by atoms with Gasteiger partial charge in [0.2, 0.25) is 5.91 Å². The molecule has 0 bridgehead atoms. The van der Waals surface area contributed by atoms with E-state index in [1.54, 1.807) is 0 Å². The summed E-state index contributed by atoms with van der Waals surface area (Å²) in [5, 5.41) is 0. The van der Waals surface area contributed by atoms with E-state index in [2.05, 4.69) is 21.9 Å². The van der Waals surface area contributed by atoms with Crippen LogP contribution in [0.15, 0.2) is 36.5 Å². The van der Waals surface area contributed by atoms with E-state index < -0.39 is 0 Å². The number of carbonyl (C=O) groups is 1. The maximum Gasteiger partial charge on any atom is 0.227 e. The Bertz CT molecular complexity index is 637. The zero-order valence-corrected chi connectivity index (χ0v) is 13.1. The van der Waals surface area contributed by atoms with Gasteiger partial charge in [-0.15, -0.1) is 0 Å². The minimum atomic E-state index is 0.221. The van der Waals surface area contributed by atoms with E-state index in [4.69, 9.17) is 0 Å². The van der Waals surface area contributed by atoms with Crippen LogP contribution in [0, 0.1) is 12.8 Å².